The van der Waals surface area contributed by atoms with Gasteiger partial charge in [0.25, 0.3) is 0 Å². The van der Waals surface area contributed by atoms with Crippen LogP contribution in [0.4, 0.5) is 13.2 Å². The Balaban J connectivity index is 2.16. The summed E-state index contributed by atoms with van der Waals surface area (Å²) in [5.41, 5.74) is 0. The van der Waals surface area contributed by atoms with E-state index in [1.807, 2.05) is 0 Å². The molecule has 0 bridgehead atoms. The first-order valence-corrected chi connectivity index (χ1v) is 5.49. The predicted octanol–water partition coefficient (Wildman–Crippen LogP) is -1.20. The molecule has 0 amide bonds. The second kappa shape index (κ2) is 2.64. The van der Waals surface area contributed by atoms with Crippen LogP contribution in [-0.2, 0) is 0 Å². The van der Waals surface area contributed by atoms with Crippen molar-refractivity contribution in [2.75, 3.05) is 4.43 Å². The summed E-state index contributed by atoms with van der Waals surface area (Å²) in [6.07, 6.45) is -3.59. The maximum atomic E-state index is 11.5. The number of hydrogen-bond acceptors (Lipinski definition) is 0. The van der Waals surface area contributed by atoms with E-state index in [9.17, 15) is 13.2 Å². The molecule has 0 aromatic heterocycles. The molecule has 56 valence electrons. The van der Waals surface area contributed by atoms with Crippen molar-refractivity contribution in [3.8, 4) is 0 Å². The van der Waals surface area contributed by atoms with Gasteiger partial charge in [0.15, 0.2) is 0 Å². The second-order valence-electron chi connectivity index (χ2n) is 2.05. The van der Waals surface area contributed by atoms with Crippen molar-refractivity contribution >= 4 is 0 Å². The van der Waals surface area contributed by atoms with Gasteiger partial charge in [0.1, 0.15) is 0 Å². The molecule has 1 fully saturated rings. The average Bonchev–Trinajstić information content (AvgIpc) is 1.53. The fourth-order valence-electron chi connectivity index (χ4n) is 0.671. The minimum atomic E-state index is -3.90. The molecule has 0 radical (unpaired) electrons. The zero-order valence-electron chi connectivity index (χ0n) is 4.71. The van der Waals surface area contributed by atoms with Gasteiger partial charge in [-0.2, -0.15) is 0 Å². The first kappa shape index (κ1) is 7.63. The number of halogens is 4. The van der Waals surface area contributed by atoms with Crippen LogP contribution in [0.2, 0.25) is 0 Å². The Hall–Kier alpha value is 0.520. The summed E-state index contributed by atoms with van der Waals surface area (Å²) in [7, 11) is 0. The molecule has 0 aromatic carbocycles. The Bertz CT molecular complexity index is 94.9. The van der Waals surface area contributed by atoms with Crippen molar-refractivity contribution in [2.45, 2.75) is 22.9 Å². The Morgan fingerprint density at radius 2 is 2.00 bits per heavy atom. The van der Waals surface area contributed by atoms with E-state index in [0.717, 1.165) is 10.8 Å². The Labute approximate surface area is 62.1 Å². The number of alkyl halides is 5. The van der Waals surface area contributed by atoms with E-state index in [1.54, 1.807) is 0 Å². The molecule has 0 spiro atoms. The molecule has 1 aliphatic rings. The average molecular weight is 251 g/mol. The molecule has 1 saturated heterocycles. The molecular weight excluding hydrogens is 244 g/mol. The second-order valence-corrected chi connectivity index (χ2v) is 5.77. The van der Waals surface area contributed by atoms with Crippen LogP contribution in [0.3, 0.4) is 0 Å². The van der Waals surface area contributed by atoms with Crippen LogP contribution in [0, 0.1) is 0 Å². The fraction of sp³-hybridized carbons (Fsp3) is 1.00. The summed E-state index contributed by atoms with van der Waals surface area (Å²) in [4.78, 5) is 0. The molecule has 0 aliphatic carbocycles. The Kier molecular flexibility index (Phi) is 2.23. The maximum absolute atomic E-state index is 11.5. The van der Waals surface area contributed by atoms with Gasteiger partial charge in [-0.15, -0.1) is 0 Å². The van der Waals surface area contributed by atoms with Crippen molar-refractivity contribution in [1.82, 2.24) is 0 Å². The van der Waals surface area contributed by atoms with E-state index in [1.165, 1.54) is 0 Å². The summed E-state index contributed by atoms with van der Waals surface area (Å²) in [5.74, 6) is 0. The van der Waals surface area contributed by atoms with Crippen LogP contribution < -0.4 is 21.2 Å². The zero-order valence-corrected chi connectivity index (χ0v) is 6.87. The molecule has 1 rings (SSSR count). The van der Waals surface area contributed by atoms with Crippen LogP contribution in [0.15, 0.2) is 0 Å². The summed E-state index contributed by atoms with van der Waals surface area (Å²) in [5, 5.41) is 0. The van der Waals surface area contributed by atoms with Gasteiger partial charge in [0.2, 0.25) is 0 Å². The zero-order chi connectivity index (χ0) is 6.91. The summed E-state index contributed by atoms with van der Waals surface area (Å²) in [6.45, 7) is 0. The monoisotopic (exact) mass is 251 g/mol. The van der Waals surface area contributed by atoms with Crippen LogP contribution >= 0.6 is 0 Å². The van der Waals surface area contributed by atoms with E-state index < -0.39 is 12.6 Å². The number of rotatable bonds is 1. The minimum absolute atomic E-state index is 0.0591. The van der Waals surface area contributed by atoms with Gasteiger partial charge in [-0.1, -0.05) is 0 Å². The van der Waals surface area contributed by atoms with E-state index in [4.69, 9.17) is 0 Å². The molecule has 0 saturated carbocycles. The van der Waals surface area contributed by atoms with Crippen molar-refractivity contribution in [1.29, 1.82) is 0 Å². The number of hydrogen-bond donors (Lipinski definition) is 0. The molecule has 1 atom stereocenters. The molecule has 0 N–H and O–H groups in total. The van der Waals surface area contributed by atoms with Gasteiger partial charge >= 0.3 is 61.7 Å². The molecule has 1 aliphatic heterocycles. The molecule has 4 heteroatoms. The molecule has 0 aromatic rings. The summed E-state index contributed by atoms with van der Waals surface area (Å²) in [6, 6.07) is 0. The summed E-state index contributed by atoms with van der Waals surface area (Å²) >= 11 is -0.0608. The van der Waals surface area contributed by atoms with Gasteiger partial charge in [-0.05, 0) is 0 Å². The van der Waals surface area contributed by atoms with Crippen LogP contribution in [0.5, 0.6) is 0 Å². The topological polar surface area (TPSA) is 0 Å². The summed E-state index contributed by atoms with van der Waals surface area (Å²) < 4.78 is 35.8. The van der Waals surface area contributed by atoms with Crippen LogP contribution in [0.25, 0.3) is 0 Å². The van der Waals surface area contributed by atoms with Gasteiger partial charge in [0.05, 0.1) is 0 Å². The van der Waals surface area contributed by atoms with E-state index >= 15 is 0 Å². The third-order valence-electron chi connectivity index (χ3n) is 1.20. The van der Waals surface area contributed by atoms with Crippen LogP contribution in [-0.4, -0.2) is 14.5 Å². The standard InChI is InChI=1S/C5H7F3I/c6-5(7,8)3-4-1-2-9-4/h4H,1-3H2/q-1. The predicted molar refractivity (Wildman–Crippen MR) is 23.9 cm³/mol. The van der Waals surface area contributed by atoms with Gasteiger partial charge < -0.3 is 0 Å². The van der Waals surface area contributed by atoms with Gasteiger partial charge in [0, 0.05) is 0 Å². The molecule has 1 unspecified atom stereocenters. The first-order valence-electron chi connectivity index (χ1n) is 2.72. The normalized spacial score (nSPS) is 28.6. The molecular formula is C5H7F3I-. The first-order chi connectivity index (χ1) is 4.08. The molecule has 0 nitrogen and oxygen atoms in total. The van der Waals surface area contributed by atoms with Crippen LogP contribution in [0.1, 0.15) is 12.8 Å². The van der Waals surface area contributed by atoms with E-state index in [-0.39, 0.29) is 25.1 Å². The van der Waals surface area contributed by atoms with Gasteiger partial charge in [-0.25, -0.2) is 0 Å². The quantitative estimate of drug-likeness (QED) is 0.405. The molecule has 1 heterocycles. The van der Waals surface area contributed by atoms with E-state index in [2.05, 4.69) is 0 Å². The van der Waals surface area contributed by atoms with Crippen molar-refractivity contribution in [3.05, 3.63) is 0 Å². The van der Waals surface area contributed by atoms with Crippen molar-refractivity contribution in [3.63, 3.8) is 0 Å². The van der Waals surface area contributed by atoms with E-state index in [0.29, 0.717) is 0 Å². The Morgan fingerprint density at radius 3 is 2.11 bits per heavy atom. The fourth-order valence-corrected chi connectivity index (χ4v) is 2.99. The third-order valence-corrected chi connectivity index (χ3v) is 4.76. The van der Waals surface area contributed by atoms with Gasteiger partial charge in [-0.3, -0.25) is 0 Å². The molecule has 9 heavy (non-hydrogen) atoms. The van der Waals surface area contributed by atoms with Crippen molar-refractivity contribution in [2.24, 2.45) is 0 Å². The van der Waals surface area contributed by atoms with Crippen molar-refractivity contribution < 1.29 is 34.4 Å². The Morgan fingerprint density at radius 1 is 1.44 bits per heavy atom. The SMILES string of the molecule is FC(F)(F)CC1CC[I-]1. The third kappa shape index (κ3) is 2.73.